The van der Waals surface area contributed by atoms with E-state index in [2.05, 4.69) is 10.3 Å². The highest BCUT2D eigenvalue weighted by molar-refractivity contribution is 7.22. The summed E-state index contributed by atoms with van der Waals surface area (Å²) >= 11 is 1.43. The van der Waals surface area contributed by atoms with Gasteiger partial charge in [0.05, 0.1) is 16.8 Å². The second-order valence-corrected chi connectivity index (χ2v) is 6.51. The first kappa shape index (κ1) is 15.8. The zero-order valence-electron chi connectivity index (χ0n) is 13.6. The normalized spacial score (nSPS) is 11.2. The maximum absolute atomic E-state index is 12.8. The second-order valence-electron chi connectivity index (χ2n) is 5.48. The number of benzene rings is 2. The van der Waals surface area contributed by atoms with Gasteiger partial charge in [0.15, 0.2) is 10.9 Å². The van der Waals surface area contributed by atoms with E-state index in [1.54, 1.807) is 0 Å². The second kappa shape index (κ2) is 6.66. The molecule has 6 heteroatoms. The summed E-state index contributed by atoms with van der Waals surface area (Å²) < 4.78 is 12.3. The number of nitrogens with zero attached hydrogens (tertiary/aromatic N) is 1. The van der Waals surface area contributed by atoms with E-state index in [9.17, 15) is 4.79 Å². The van der Waals surface area contributed by atoms with Crippen LogP contribution < -0.4 is 5.32 Å². The molecule has 0 aliphatic carbocycles. The summed E-state index contributed by atoms with van der Waals surface area (Å²) in [5, 5.41) is 4.29. The molecule has 2 heterocycles. The fraction of sp³-hybridized carbons (Fsp3) is 0.158. The molecule has 5 nitrogen and oxygen atoms in total. The van der Waals surface area contributed by atoms with E-state index < -0.39 is 0 Å². The molecule has 0 saturated heterocycles. The van der Waals surface area contributed by atoms with Gasteiger partial charge in [0.2, 0.25) is 0 Å². The predicted molar refractivity (Wildman–Crippen MR) is 99.1 cm³/mol. The number of nitrogens with one attached hydrogen (secondary N) is 1. The zero-order chi connectivity index (χ0) is 17.2. The highest BCUT2D eigenvalue weighted by Crippen LogP contribution is 2.29. The standard InChI is InChI=1S/C19H16N2O3S/c1-2-23-11-13-12-7-3-5-9-15(12)24-17(13)18(22)21-19-20-14-8-4-6-10-16(14)25-19/h3-10H,2,11H2,1H3,(H,20,21,22). The van der Waals surface area contributed by atoms with E-state index >= 15 is 0 Å². The molecule has 126 valence electrons. The number of aromatic nitrogens is 1. The van der Waals surface area contributed by atoms with E-state index in [1.165, 1.54) is 11.3 Å². The Morgan fingerprint density at radius 2 is 2.00 bits per heavy atom. The average Bonchev–Trinajstić information content (AvgIpc) is 3.20. The van der Waals surface area contributed by atoms with Gasteiger partial charge in [-0.3, -0.25) is 10.1 Å². The van der Waals surface area contributed by atoms with Gasteiger partial charge < -0.3 is 9.15 Å². The minimum absolute atomic E-state index is 0.272. The molecule has 0 saturated carbocycles. The van der Waals surface area contributed by atoms with E-state index in [-0.39, 0.29) is 11.7 Å². The molecule has 25 heavy (non-hydrogen) atoms. The summed E-state index contributed by atoms with van der Waals surface area (Å²) in [7, 11) is 0. The Labute approximate surface area is 148 Å². The Kier molecular flexibility index (Phi) is 4.21. The third kappa shape index (κ3) is 3.01. The van der Waals surface area contributed by atoms with Gasteiger partial charge in [-0.1, -0.05) is 41.7 Å². The van der Waals surface area contributed by atoms with Gasteiger partial charge in [0.1, 0.15) is 5.58 Å². The fourth-order valence-corrected chi connectivity index (χ4v) is 3.57. The summed E-state index contributed by atoms with van der Waals surface area (Å²) in [4.78, 5) is 17.2. The fourth-order valence-electron chi connectivity index (χ4n) is 2.71. The summed E-state index contributed by atoms with van der Waals surface area (Å²) in [6, 6.07) is 15.3. The number of hydrogen-bond acceptors (Lipinski definition) is 5. The first-order chi connectivity index (χ1) is 12.3. The van der Waals surface area contributed by atoms with Crippen LogP contribution in [-0.4, -0.2) is 17.5 Å². The Hall–Kier alpha value is -2.70. The molecule has 0 spiro atoms. The Balaban J connectivity index is 1.68. The number of anilines is 1. The zero-order valence-corrected chi connectivity index (χ0v) is 14.4. The van der Waals surface area contributed by atoms with Gasteiger partial charge >= 0.3 is 0 Å². The molecule has 0 fully saturated rings. The van der Waals surface area contributed by atoms with Crippen LogP contribution in [0.2, 0.25) is 0 Å². The van der Waals surface area contributed by atoms with E-state index in [4.69, 9.17) is 9.15 Å². The lowest BCUT2D eigenvalue weighted by molar-refractivity contribution is 0.0984. The first-order valence-corrected chi connectivity index (χ1v) is 8.83. The average molecular weight is 352 g/mol. The molecule has 1 N–H and O–H groups in total. The van der Waals surface area contributed by atoms with Crippen LogP contribution in [0.5, 0.6) is 0 Å². The topological polar surface area (TPSA) is 64.4 Å². The Morgan fingerprint density at radius 1 is 1.20 bits per heavy atom. The quantitative estimate of drug-likeness (QED) is 0.559. The van der Waals surface area contributed by atoms with Crippen molar-refractivity contribution in [3.8, 4) is 0 Å². The lowest BCUT2D eigenvalue weighted by Gasteiger charge is -2.03. The third-order valence-electron chi connectivity index (χ3n) is 3.87. The van der Waals surface area contributed by atoms with E-state index in [0.29, 0.717) is 23.9 Å². The summed E-state index contributed by atoms with van der Waals surface area (Å²) in [6.07, 6.45) is 0. The van der Waals surface area contributed by atoms with Crippen LogP contribution in [0, 0.1) is 0 Å². The number of carbonyl (C=O) groups is 1. The van der Waals surface area contributed by atoms with Crippen LogP contribution >= 0.6 is 11.3 Å². The number of thiazole rings is 1. The third-order valence-corrected chi connectivity index (χ3v) is 4.82. The van der Waals surface area contributed by atoms with Crippen LogP contribution in [0.1, 0.15) is 23.0 Å². The molecule has 0 radical (unpaired) electrons. The molecular formula is C19H16N2O3S. The highest BCUT2D eigenvalue weighted by atomic mass is 32.1. The highest BCUT2D eigenvalue weighted by Gasteiger charge is 2.21. The van der Waals surface area contributed by atoms with Crippen molar-refractivity contribution in [3.63, 3.8) is 0 Å². The molecular weight excluding hydrogens is 336 g/mol. The number of amides is 1. The predicted octanol–water partition coefficient (Wildman–Crippen LogP) is 4.83. The molecule has 2 aromatic carbocycles. The van der Waals surface area contributed by atoms with Gasteiger partial charge in [0.25, 0.3) is 5.91 Å². The van der Waals surface area contributed by atoms with Gasteiger partial charge in [-0.25, -0.2) is 4.98 Å². The summed E-state index contributed by atoms with van der Waals surface area (Å²) in [5.74, 6) is -0.0427. The molecule has 1 amide bonds. The SMILES string of the molecule is CCOCc1c(C(=O)Nc2nc3ccccc3s2)oc2ccccc12. The van der Waals surface area contributed by atoms with E-state index in [1.807, 2.05) is 55.5 Å². The van der Waals surface area contributed by atoms with Crippen molar-refractivity contribution in [2.75, 3.05) is 11.9 Å². The minimum atomic E-state index is -0.315. The van der Waals surface area contributed by atoms with Crippen LogP contribution in [-0.2, 0) is 11.3 Å². The maximum atomic E-state index is 12.8. The molecule has 4 aromatic rings. The Morgan fingerprint density at radius 3 is 2.84 bits per heavy atom. The van der Waals surface area contributed by atoms with Crippen molar-refractivity contribution in [2.24, 2.45) is 0 Å². The maximum Gasteiger partial charge on any atom is 0.293 e. The number of para-hydroxylation sites is 2. The van der Waals surface area contributed by atoms with Gasteiger partial charge in [-0.05, 0) is 25.1 Å². The van der Waals surface area contributed by atoms with Crippen molar-refractivity contribution in [3.05, 3.63) is 59.9 Å². The monoisotopic (exact) mass is 352 g/mol. The molecule has 0 atom stereocenters. The number of carbonyl (C=O) groups excluding carboxylic acids is 1. The van der Waals surface area contributed by atoms with Crippen molar-refractivity contribution < 1.29 is 13.9 Å². The molecule has 0 aliphatic rings. The van der Waals surface area contributed by atoms with E-state index in [0.717, 1.165) is 21.2 Å². The lowest BCUT2D eigenvalue weighted by Crippen LogP contribution is -2.13. The van der Waals surface area contributed by atoms with Gasteiger partial charge in [0, 0.05) is 17.6 Å². The van der Waals surface area contributed by atoms with Gasteiger partial charge in [-0.2, -0.15) is 0 Å². The summed E-state index contributed by atoms with van der Waals surface area (Å²) in [6.45, 7) is 2.82. The minimum Gasteiger partial charge on any atom is -0.451 e. The summed E-state index contributed by atoms with van der Waals surface area (Å²) in [5.41, 5.74) is 2.30. The van der Waals surface area contributed by atoms with Crippen LogP contribution in [0.15, 0.2) is 52.9 Å². The van der Waals surface area contributed by atoms with Gasteiger partial charge in [-0.15, -0.1) is 0 Å². The number of furan rings is 1. The number of fused-ring (bicyclic) bond motifs is 2. The molecule has 4 rings (SSSR count). The first-order valence-electron chi connectivity index (χ1n) is 8.01. The number of ether oxygens (including phenoxy) is 1. The molecule has 0 bridgehead atoms. The number of hydrogen-bond donors (Lipinski definition) is 1. The smallest absolute Gasteiger partial charge is 0.293 e. The van der Waals surface area contributed by atoms with Crippen molar-refractivity contribution in [1.29, 1.82) is 0 Å². The van der Waals surface area contributed by atoms with Crippen LogP contribution in [0.4, 0.5) is 5.13 Å². The molecule has 0 unspecified atom stereocenters. The lowest BCUT2D eigenvalue weighted by atomic mass is 10.1. The molecule has 0 aliphatic heterocycles. The molecule has 2 aromatic heterocycles. The van der Waals surface area contributed by atoms with Crippen molar-refractivity contribution >= 4 is 43.6 Å². The Bertz CT molecular complexity index is 1020. The largest absolute Gasteiger partial charge is 0.451 e. The van der Waals surface area contributed by atoms with Crippen LogP contribution in [0.25, 0.3) is 21.2 Å². The van der Waals surface area contributed by atoms with Crippen molar-refractivity contribution in [2.45, 2.75) is 13.5 Å². The van der Waals surface area contributed by atoms with Crippen LogP contribution in [0.3, 0.4) is 0 Å². The number of rotatable bonds is 5. The van der Waals surface area contributed by atoms with Crippen molar-refractivity contribution in [1.82, 2.24) is 4.98 Å².